The Hall–Kier alpha value is -4.46. The zero-order chi connectivity index (χ0) is 24.9. The van der Waals surface area contributed by atoms with Crippen LogP contribution in [-0.4, -0.2) is 28.5 Å². The molecule has 178 valence electrons. The minimum Gasteiger partial charge on any atom is -0.495 e. The number of anilines is 2. The van der Waals surface area contributed by atoms with Crippen LogP contribution in [0.2, 0.25) is 0 Å². The molecule has 2 N–H and O–H groups in total. The van der Waals surface area contributed by atoms with Crippen LogP contribution in [0.5, 0.6) is 5.75 Å². The molecule has 0 fully saturated rings. The van der Waals surface area contributed by atoms with E-state index in [9.17, 15) is 14.4 Å². The lowest BCUT2D eigenvalue weighted by molar-refractivity contribution is -0.117. The van der Waals surface area contributed by atoms with Crippen molar-refractivity contribution in [1.29, 1.82) is 0 Å². The molecular formula is C27H26N4O4. The Bertz CT molecular complexity index is 1480. The number of aryl methyl sites for hydroxylation is 1. The molecule has 35 heavy (non-hydrogen) atoms. The molecule has 0 radical (unpaired) electrons. The van der Waals surface area contributed by atoms with E-state index in [0.29, 0.717) is 40.1 Å². The maximum Gasteiger partial charge on any atom is 0.278 e. The number of aromatic nitrogens is 2. The molecule has 8 nitrogen and oxygen atoms in total. The summed E-state index contributed by atoms with van der Waals surface area (Å²) in [5, 5.41) is 5.66. The molecule has 1 heterocycles. The lowest BCUT2D eigenvalue weighted by atomic mass is 10.1. The molecule has 0 unspecified atom stereocenters. The number of ether oxygens (including phenoxy) is 1. The molecule has 8 heteroatoms. The lowest BCUT2D eigenvalue weighted by Gasteiger charge is -2.16. The first kappa shape index (κ1) is 23.7. The lowest BCUT2D eigenvalue weighted by Crippen LogP contribution is -2.30. The van der Waals surface area contributed by atoms with E-state index in [4.69, 9.17) is 4.74 Å². The maximum atomic E-state index is 13.7. The monoisotopic (exact) mass is 470 g/mol. The van der Waals surface area contributed by atoms with Gasteiger partial charge in [0.15, 0.2) is 0 Å². The Labute approximate surface area is 202 Å². The van der Waals surface area contributed by atoms with Crippen molar-refractivity contribution >= 4 is 34.2 Å². The van der Waals surface area contributed by atoms with Gasteiger partial charge in [0.2, 0.25) is 11.8 Å². The fourth-order valence-corrected chi connectivity index (χ4v) is 3.81. The topological polar surface area (TPSA) is 102 Å². The number of hydrogen-bond acceptors (Lipinski definition) is 5. The molecule has 2 amide bonds. The van der Waals surface area contributed by atoms with Crippen LogP contribution in [0.1, 0.15) is 18.9 Å². The highest BCUT2D eigenvalue weighted by molar-refractivity contribution is 5.96. The van der Waals surface area contributed by atoms with E-state index in [1.54, 1.807) is 55.5 Å². The first-order valence-electron chi connectivity index (χ1n) is 11.2. The Morgan fingerprint density at radius 1 is 0.943 bits per heavy atom. The molecule has 0 aliphatic heterocycles. The predicted octanol–water partition coefficient (Wildman–Crippen LogP) is 4.37. The average molecular weight is 471 g/mol. The van der Waals surface area contributed by atoms with Crippen molar-refractivity contribution in [2.24, 2.45) is 0 Å². The first-order chi connectivity index (χ1) is 16.9. The van der Waals surface area contributed by atoms with E-state index < -0.39 is 5.56 Å². The zero-order valence-electron chi connectivity index (χ0n) is 19.8. The third kappa shape index (κ3) is 5.06. The van der Waals surface area contributed by atoms with Crippen molar-refractivity contribution in [3.8, 4) is 17.0 Å². The summed E-state index contributed by atoms with van der Waals surface area (Å²) in [6.07, 6.45) is 0.297. The number of benzene rings is 3. The van der Waals surface area contributed by atoms with Crippen molar-refractivity contribution in [1.82, 2.24) is 9.55 Å². The van der Waals surface area contributed by atoms with Crippen molar-refractivity contribution in [3.63, 3.8) is 0 Å². The molecule has 0 aliphatic rings. The highest BCUT2D eigenvalue weighted by Gasteiger charge is 2.19. The van der Waals surface area contributed by atoms with Crippen molar-refractivity contribution in [2.75, 3.05) is 17.7 Å². The summed E-state index contributed by atoms with van der Waals surface area (Å²) < 4.78 is 6.70. The van der Waals surface area contributed by atoms with Gasteiger partial charge in [0.1, 0.15) is 18.0 Å². The normalized spacial score (nSPS) is 10.7. The molecule has 4 aromatic rings. The van der Waals surface area contributed by atoms with Gasteiger partial charge in [-0.25, -0.2) is 4.98 Å². The molecule has 0 spiro atoms. The SMILES string of the molecule is CCC(=O)Nc1ccc(C)cc1-c1nc2ccccc2n(CC(=O)Nc2ccccc2OC)c1=O. The van der Waals surface area contributed by atoms with Gasteiger partial charge in [0, 0.05) is 12.0 Å². The van der Waals surface area contributed by atoms with Crippen molar-refractivity contribution in [3.05, 3.63) is 82.6 Å². The number of carbonyl (C=O) groups is 2. The Kier molecular flexibility index (Phi) is 6.91. The van der Waals surface area contributed by atoms with Crippen LogP contribution in [0, 0.1) is 6.92 Å². The quantitative estimate of drug-likeness (QED) is 0.418. The highest BCUT2D eigenvalue weighted by atomic mass is 16.5. The van der Waals surface area contributed by atoms with Crippen LogP contribution in [0.15, 0.2) is 71.5 Å². The van der Waals surface area contributed by atoms with E-state index in [-0.39, 0.29) is 24.1 Å². The van der Waals surface area contributed by atoms with Crippen LogP contribution >= 0.6 is 0 Å². The first-order valence-corrected chi connectivity index (χ1v) is 11.2. The van der Waals surface area contributed by atoms with Gasteiger partial charge >= 0.3 is 0 Å². The summed E-state index contributed by atoms with van der Waals surface area (Å²) in [5.41, 5.74) is 3.22. The second kappa shape index (κ2) is 10.2. The van der Waals surface area contributed by atoms with Gasteiger partial charge in [-0.1, -0.05) is 42.8 Å². The van der Waals surface area contributed by atoms with E-state index in [1.807, 2.05) is 25.1 Å². The Balaban J connectivity index is 1.81. The summed E-state index contributed by atoms with van der Waals surface area (Å²) in [6, 6.07) is 19.6. The summed E-state index contributed by atoms with van der Waals surface area (Å²) in [6.45, 7) is 3.43. The van der Waals surface area contributed by atoms with Gasteiger partial charge in [-0.3, -0.25) is 19.0 Å². The van der Waals surface area contributed by atoms with Crippen LogP contribution in [0.3, 0.4) is 0 Å². The Morgan fingerprint density at radius 2 is 1.66 bits per heavy atom. The number of para-hydroxylation sites is 4. The van der Waals surface area contributed by atoms with Crippen LogP contribution < -0.4 is 20.9 Å². The number of rotatable bonds is 7. The third-order valence-electron chi connectivity index (χ3n) is 5.56. The summed E-state index contributed by atoms with van der Waals surface area (Å²) in [4.78, 5) is 43.4. The van der Waals surface area contributed by atoms with Gasteiger partial charge in [-0.05, 0) is 43.3 Å². The second-order valence-electron chi connectivity index (χ2n) is 8.04. The molecule has 0 bridgehead atoms. The minimum atomic E-state index is -0.434. The van der Waals surface area contributed by atoms with Crippen LogP contribution in [0.25, 0.3) is 22.3 Å². The van der Waals surface area contributed by atoms with Crippen LogP contribution in [0.4, 0.5) is 11.4 Å². The molecule has 0 atom stereocenters. The summed E-state index contributed by atoms with van der Waals surface area (Å²) in [5.74, 6) is -0.0420. The van der Waals surface area contributed by atoms with Gasteiger partial charge in [-0.2, -0.15) is 0 Å². The van der Waals surface area contributed by atoms with E-state index >= 15 is 0 Å². The molecule has 4 rings (SSSR count). The number of amides is 2. The number of fused-ring (bicyclic) bond motifs is 1. The summed E-state index contributed by atoms with van der Waals surface area (Å²) in [7, 11) is 1.52. The Morgan fingerprint density at radius 3 is 2.43 bits per heavy atom. The van der Waals surface area contributed by atoms with E-state index in [2.05, 4.69) is 15.6 Å². The second-order valence-corrected chi connectivity index (χ2v) is 8.04. The predicted molar refractivity (Wildman–Crippen MR) is 137 cm³/mol. The van der Waals surface area contributed by atoms with Gasteiger partial charge in [-0.15, -0.1) is 0 Å². The number of carbonyl (C=O) groups excluding carboxylic acids is 2. The van der Waals surface area contributed by atoms with Gasteiger partial charge in [0.25, 0.3) is 5.56 Å². The summed E-state index contributed by atoms with van der Waals surface area (Å²) >= 11 is 0. The molecule has 0 saturated heterocycles. The smallest absolute Gasteiger partial charge is 0.278 e. The fraction of sp³-hybridized carbons (Fsp3) is 0.185. The number of nitrogens with zero attached hydrogens (tertiary/aromatic N) is 2. The molecule has 1 aromatic heterocycles. The molecule has 0 aliphatic carbocycles. The number of methoxy groups -OCH3 is 1. The fourth-order valence-electron chi connectivity index (χ4n) is 3.81. The average Bonchev–Trinajstić information content (AvgIpc) is 2.87. The molecular weight excluding hydrogens is 444 g/mol. The van der Waals surface area contributed by atoms with Gasteiger partial charge in [0.05, 0.1) is 29.5 Å². The molecule has 0 saturated carbocycles. The van der Waals surface area contributed by atoms with Crippen molar-refractivity contribution in [2.45, 2.75) is 26.8 Å². The maximum absolute atomic E-state index is 13.7. The third-order valence-corrected chi connectivity index (χ3v) is 5.56. The minimum absolute atomic E-state index is 0.156. The molecule has 3 aromatic carbocycles. The zero-order valence-corrected chi connectivity index (χ0v) is 19.8. The standard InChI is InChI=1S/C27H26N4O4/c1-4-24(32)28-19-14-13-17(2)15-18(19)26-27(34)31(22-11-7-5-9-20(22)30-26)16-25(33)29-21-10-6-8-12-23(21)35-3/h5-15H,4,16H2,1-3H3,(H,28,32)(H,29,33). The largest absolute Gasteiger partial charge is 0.495 e. The highest BCUT2D eigenvalue weighted by Crippen LogP contribution is 2.28. The van der Waals surface area contributed by atoms with E-state index in [0.717, 1.165) is 5.56 Å². The van der Waals surface area contributed by atoms with Crippen molar-refractivity contribution < 1.29 is 14.3 Å². The van der Waals surface area contributed by atoms with Crippen LogP contribution in [-0.2, 0) is 16.1 Å². The number of nitrogens with one attached hydrogen (secondary N) is 2. The van der Waals surface area contributed by atoms with Gasteiger partial charge < -0.3 is 15.4 Å². The van der Waals surface area contributed by atoms with E-state index in [1.165, 1.54) is 11.7 Å². The number of hydrogen-bond donors (Lipinski definition) is 2.